The SMILES string of the molecule is CC(=O)NC(C=O)CN(C)[C@@H]1C(=O)N[C@@H](C)C(=O)N[C@H](C(=O)N[C@@H](C)C(C)=O)Cc2ccc(OCCN)c(c2)-c2cc1ccc2OCCN. The molecule has 8 N–H and O–H groups in total. The van der Waals surface area contributed by atoms with Crippen molar-refractivity contribution in [2.45, 2.75) is 64.3 Å². The zero-order valence-corrected chi connectivity index (χ0v) is 28.5. The number of fused-ring (bicyclic) bond motifs is 5. The summed E-state index contributed by atoms with van der Waals surface area (Å²) in [6, 6.07) is 5.41. The van der Waals surface area contributed by atoms with Crippen LogP contribution in [0.15, 0.2) is 36.4 Å². The fraction of sp³-hybridized carbons (Fsp3) is 0.471. The Hall–Kier alpha value is -4.86. The lowest BCUT2D eigenvalue weighted by molar-refractivity contribution is -0.134. The van der Waals surface area contributed by atoms with Crippen molar-refractivity contribution >= 4 is 35.7 Å². The first-order valence-corrected chi connectivity index (χ1v) is 16.1. The van der Waals surface area contributed by atoms with Crippen LogP contribution < -0.4 is 42.2 Å². The van der Waals surface area contributed by atoms with E-state index in [-0.39, 0.29) is 45.1 Å². The van der Waals surface area contributed by atoms with Gasteiger partial charge in [0.2, 0.25) is 23.6 Å². The minimum absolute atomic E-state index is 0.0350. The molecular weight excluding hydrogens is 634 g/mol. The summed E-state index contributed by atoms with van der Waals surface area (Å²) in [4.78, 5) is 78.1. The smallest absolute Gasteiger partial charge is 0.243 e. The molecule has 0 saturated carbocycles. The van der Waals surface area contributed by atoms with Crippen molar-refractivity contribution < 1.29 is 38.2 Å². The van der Waals surface area contributed by atoms with Crippen molar-refractivity contribution in [2.24, 2.45) is 11.5 Å². The first-order chi connectivity index (χ1) is 23.3. The second kappa shape index (κ2) is 18.1. The number of nitrogens with one attached hydrogen (secondary N) is 4. The number of ether oxygens (including phenoxy) is 2. The van der Waals surface area contributed by atoms with Gasteiger partial charge in [0.05, 0.1) is 12.1 Å². The number of ketones is 1. The molecule has 1 heterocycles. The Bertz CT molecular complexity index is 1530. The summed E-state index contributed by atoms with van der Waals surface area (Å²) in [6.45, 7) is 6.45. The predicted molar refractivity (Wildman–Crippen MR) is 182 cm³/mol. The van der Waals surface area contributed by atoms with Crippen molar-refractivity contribution in [3.63, 3.8) is 0 Å². The maximum atomic E-state index is 14.0. The first-order valence-electron chi connectivity index (χ1n) is 16.1. The number of Topliss-reactive ketones (excluding diaryl/α,β-unsaturated/α-hetero) is 1. The Balaban J connectivity index is 2.27. The van der Waals surface area contributed by atoms with E-state index in [1.807, 2.05) is 0 Å². The minimum atomic E-state index is -1.12. The van der Waals surface area contributed by atoms with Crippen LogP contribution in [0.3, 0.4) is 0 Å². The van der Waals surface area contributed by atoms with Gasteiger partial charge in [0, 0.05) is 44.1 Å². The lowest BCUT2D eigenvalue weighted by Gasteiger charge is -2.31. The highest BCUT2D eigenvalue weighted by atomic mass is 16.5. The fourth-order valence-electron chi connectivity index (χ4n) is 5.35. The molecule has 15 heteroatoms. The molecule has 0 saturated heterocycles. The summed E-state index contributed by atoms with van der Waals surface area (Å²) in [5, 5.41) is 10.7. The summed E-state index contributed by atoms with van der Waals surface area (Å²) in [5.74, 6) is -1.61. The highest BCUT2D eigenvalue weighted by Gasteiger charge is 2.33. The number of aldehydes is 1. The van der Waals surface area contributed by atoms with Crippen molar-refractivity contribution in [1.29, 1.82) is 0 Å². The van der Waals surface area contributed by atoms with E-state index in [4.69, 9.17) is 20.9 Å². The molecule has 2 aromatic carbocycles. The summed E-state index contributed by atoms with van der Waals surface area (Å²) >= 11 is 0. The lowest BCUT2D eigenvalue weighted by Crippen LogP contribution is -2.56. The third-order valence-electron chi connectivity index (χ3n) is 7.92. The van der Waals surface area contributed by atoms with E-state index < -0.39 is 53.8 Å². The lowest BCUT2D eigenvalue weighted by atomic mass is 9.93. The van der Waals surface area contributed by atoms with Crippen LogP contribution in [0.1, 0.15) is 44.9 Å². The second-order valence-corrected chi connectivity index (χ2v) is 12.0. The van der Waals surface area contributed by atoms with Crippen LogP contribution in [0.2, 0.25) is 0 Å². The third kappa shape index (κ3) is 10.6. The number of carbonyl (C=O) groups is 6. The van der Waals surface area contributed by atoms with Gasteiger partial charge in [-0.3, -0.25) is 28.9 Å². The maximum Gasteiger partial charge on any atom is 0.243 e. The van der Waals surface area contributed by atoms with E-state index in [1.165, 1.54) is 20.8 Å². The van der Waals surface area contributed by atoms with Crippen LogP contribution in [0, 0.1) is 0 Å². The van der Waals surface area contributed by atoms with Gasteiger partial charge in [0.25, 0.3) is 0 Å². The van der Waals surface area contributed by atoms with Crippen LogP contribution in [-0.2, 0) is 35.2 Å². The van der Waals surface area contributed by atoms with Gasteiger partial charge in [0.15, 0.2) is 5.78 Å². The topological polar surface area (TPSA) is 224 Å². The molecule has 3 rings (SSSR count). The molecule has 0 aromatic heterocycles. The normalized spacial score (nSPS) is 19.0. The number of likely N-dealkylation sites (N-methyl/N-ethyl adjacent to an activating group) is 1. The largest absolute Gasteiger partial charge is 0.492 e. The van der Waals surface area contributed by atoms with Gasteiger partial charge in [-0.15, -0.1) is 0 Å². The first kappa shape index (κ1) is 38.6. The summed E-state index contributed by atoms with van der Waals surface area (Å²) in [5.41, 5.74) is 13.7. The van der Waals surface area contributed by atoms with E-state index >= 15 is 0 Å². The second-order valence-electron chi connectivity index (χ2n) is 12.0. The van der Waals surface area contributed by atoms with Gasteiger partial charge in [0.1, 0.15) is 49.1 Å². The Morgan fingerprint density at radius 3 is 2.14 bits per heavy atom. The van der Waals surface area contributed by atoms with Crippen LogP contribution >= 0.6 is 0 Å². The minimum Gasteiger partial charge on any atom is -0.492 e. The molecule has 0 aliphatic carbocycles. The summed E-state index contributed by atoms with van der Waals surface area (Å²) < 4.78 is 12.0. The van der Waals surface area contributed by atoms with Crippen LogP contribution in [-0.4, -0.2) is 105 Å². The summed E-state index contributed by atoms with van der Waals surface area (Å²) in [6.07, 6.45) is 0.613. The Labute approximate surface area is 285 Å². The number of hydrogen-bond acceptors (Lipinski definition) is 11. The molecule has 266 valence electrons. The molecule has 1 aliphatic heterocycles. The number of hydrogen-bond donors (Lipinski definition) is 6. The van der Waals surface area contributed by atoms with E-state index in [0.717, 1.165) is 0 Å². The molecule has 0 radical (unpaired) electrons. The Kier molecular flexibility index (Phi) is 14.2. The zero-order valence-electron chi connectivity index (χ0n) is 28.5. The quantitative estimate of drug-likeness (QED) is 0.137. The Morgan fingerprint density at radius 2 is 1.57 bits per heavy atom. The van der Waals surface area contributed by atoms with Gasteiger partial charge >= 0.3 is 0 Å². The number of amides is 4. The Morgan fingerprint density at radius 1 is 0.959 bits per heavy atom. The number of benzene rings is 2. The molecule has 1 aliphatic rings. The molecule has 0 spiro atoms. The van der Waals surface area contributed by atoms with Crippen LogP contribution in [0.4, 0.5) is 0 Å². The fourth-order valence-corrected chi connectivity index (χ4v) is 5.35. The molecule has 2 aromatic rings. The maximum absolute atomic E-state index is 14.0. The summed E-state index contributed by atoms with van der Waals surface area (Å²) in [7, 11) is 1.61. The van der Waals surface area contributed by atoms with Gasteiger partial charge in [-0.25, -0.2) is 0 Å². The predicted octanol–water partition coefficient (Wildman–Crippen LogP) is -0.656. The van der Waals surface area contributed by atoms with Crippen molar-refractivity contribution in [2.75, 3.05) is 39.9 Å². The average Bonchev–Trinajstić information content (AvgIpc) is 3.05. The third-order valence-corrected chi connectivity index (χ3v) is 7.92. The number of carbonyl (C=O) groups excluding carboxylic acids is 6. The van der Waals surface area contributed by atoms with Gasteiger partial charge < -0.3 is 47.0 Å². The molecule has 4 amide bonds. The van der Waals surface area contributed by atoms with Gasteiger partial charge in [-0.2, -0.15) is 0 Å². The van der Waals surface area contributed by atoms with E-state index in [2.05, 4.69) is 21.3 Å². The molecule has 49 heavy (non-hydrogen) atoms. The van der Waals surface area contributed by atoms with Crippen molar-refractivity contribution in [3.8, 4) is 22.6 Å². The molecule has 1 unspecified atom stereocenters. The van der Waals surface area contributed by atoms with Crippen molar-refractivity contribution in [3.05, 3.63) is 47.5 Å². The van der Waals surface area contributed by atoms with Crippen LogP contribution in [0.5, 0.6) is 11.5 Å². The van der Waals surface area contributed by atoms with Crippen LogP contribution in [0.25, 0.3) is 11.1 Å². The number of nitrogens with two attached hydrogens (primary N) is 2. The molecule has 0 fully saturated rings. The highest BCUT2D eigenvalue weighted by molar-refractivity contribution is 5.95. The average molecular weight is 682 g/mol. The molecule has 5 atom stereocenters. The monoisotopic (exact) mass is 681 g/mol. The van der Waals surface area contributed by atoms with E-state index in [0.29, 0.717) is 40.0 Å². The van der Waals surface area contributed by atoms with Gasteiger partial charge in [-0.05, 0) is 63.2 Å². The zero-order chi connectivity index (χ0) is 36.2. The number of rotatable bonds is 14. The molecule has 4 bridgehead atoms. The van der Waals surface area contributed by atoms with Crippen molar-refractivity contribution in [1.82, 2.24) is 26.2 Å². The molecular formula is C34H47N7O8. The van der Waals surface area contributed by atoms with E-state index in [9.17, 15) is 28.8 Å². The molecule has 15 nitrogen and oxygen atoms in total. The standard InChI is InChI=1S/C34H47N7O8/c1-19(21(3)43)37-33(46)28-15-23-6-8-29(48-12-10-35)26(14-23)27-16-24(7-9-30(27)49-13-11-36)31(34(47)38-20(2)32(45)40-28)41(5)17-25(18-42)39-22(4)44/h6-9,14,16,18-20,25,28,31H,10-13,15,17,35-36H2,1-5H3,(H,37,46)(H,38,47)(H,39,44)(H,40,45)/t19-,20-,25?,28-,31-/m0/s1. The van der Waals surface area contributed by atoms with Gasteiger partial charge in [-0.1, -0.05) is 12.1 Å². The van der Waals surface area contributed by atoms with E-state index in [1.54, 1.807) is 55.3 Å². The number of nitrogens with zero attached hydrogens (tertiary/aromatic N) is 1. The highest BCUT2D eigenvalue weighted by Crippen LogP contribution is 2.40.